The van der Waals surface area contributed by atoms with Crippen LogP contribution in [0.25, 0.3) is 0 Å². The Morgan fingerprint density at radius 2 is 2.33 bits per heavy atom. The van der Waals surface area contributed by atoms with Crippen LogP contribution in [-0.4, -0.2) is 60.5 Å². The third-order valence-electron chi connectivity index (χ3n) is 2.04. The van der Waals surface area contributed by atoms with Gasteiger partial charge in [-0.1, -0.05) is 0 Å². The Morgan fingerprint density at radius 1 is 1.60 bits per heavy atom. The first-order valence-corrected chi connectivity index (χ1v) is 4.60. The van der Waals surface area contributed by atoms with Crippen LogP contribution in [0.3, 0.4) is 0 Å². The van der Waals surface area contributed by atoms with Crippen molar-refractivity contribution in [2.75, 3.05) is 26.4 Å². The van der Waals surface area contributed by atoms with E-state index < -0.39 is 30.6 Å². The minimum atomic E-state index is -1.26. The lowest BCUT2D eigenvalue weighted by Gasteiger charge is -2.24. The van der Waals surface area contributed by atoms with Gasteiger partial charge >= 0.3 is 5.97 Å². The Bertz CT molecular complexity index is 239. The number of carbonyl (C=O) groups is 2. The maximum absolute atomic E-state index is 11.4. The molecule has 1 fully saturated rings. The second-order valence-electron chi connectivity index (χ2n) is 3.16. The van der Waals surface area contributed by atoms with Gasteiger partial charge in [-0.2, -0.15) is 0 Å². The standard InChI is InChI=1S/C8H14N2O5/c11-3-5(8(13)14)10-7(12)6-4-15-2-1-9-6/h5-6,9,11H,1-4H2,(H,10,12)(H,13,14). The molecule has 0 aliphatic carbocycles. The molecule has 4 N–H and O–H groups in total. The van der Waals surface area contributed by atoms with Gasteiger partial charge in [0.1, 0.15) is 12.1 Å². The minimum Gasteiger partial charge on any atom is -0.480 e. The van der Waals surface area contributed by atoms with Gasteiger partial charge in [-0.25, -0.2) is 4.79 Å². The molecule has 0 aromatic carbocycles. The molecule has 1 heterocycles. The van der Waals surface area contributed by atoms with Crippen molar-refractivity contribution in [1.29, 1.82) is 0 Å². The lowest BCUT2D eigenvalue weighted by molar-refractivity contribution is -0.143. The summed E-state index contributed by atoms with van der Waals surface area (Å²) in [6.07, 6.45) is 0. The van der Waals surface area contributed by atoms with Gasteiger partial charge in [0.15, 0.2) is 0 Å². The minimum absolute atomic E-state index is 0.212. The first-order chi connectivity index (χ1) is 7.15. The highest BCUT2D eigenvalue weighted by Gasteiger charge is 2.25. The smallest absolute Gasteiger partial charge is 0.328 e. The van der Waals surface area contributed by atoms with Crippen molar-refractivity contribution in [2.45, 2.75) is 12.1 Å². The molecule has 7 heteroatoms. The van der Waals surface area contributed by atoms with Gasteiger partial charge in [-0.15, -0.1) is 0 Å². The Hall–Kier alpha value is -1.18. The fraction of sp³-hybridized carbons (Fsp3) is 0.750. The number of hydrogen-bond acceptors (Lipinski definition) is 5. The van der Waals surface area contributed by atoms with Crippen LogP contribution in [0, 0.1) is 0 Å². The number of aliphatic carboxylic acids is 1. The Balaban J connectivity index is 2.42. The topological polar surface area (TPSA) is 108 Å². The van der Waals surface area contributed by atoms with Gasteiger partial charge in [0, 0.05) is 6.54 Å². The van der Waals surface area contributed by atoms with Gasteiger partial charge in [-0.05, 0) is 0 Å². The fourth-order valence-corrected chi connectivity index (χ4v) is 1.19. The number of carboxylic acid groups (broad SMARTS) is 1. The monoisotopic (exact) mass is 218 g/mol. The Labute approximate surface area is 86.4 Å². The highest BCUT2D eigenvalue weighted by Crippen LogP contribution is 1.94. The SMILES string of the molecule is O=C(O)C(CO)NC(=O)C1COCCN1. The number of carbonyl (C=O) groups excluding carboxylic acids is 1. The summed E-state index contributed by atoms with van der Waals surface area (Å²) in [5.74, 6) is -1.74. The average molecular weight is 218 g/mol. The van der Waals surface area contributed by atoms with Crippen LogP contribution < -0.4 is 10.6 Å². The molecule has 1 amide bonds. The van der Waals surface area contributed by atoms with Crippen molar-refractivity contribution >= 4 is 11.9 Å². The predicted octanol–water partition coefficient (Wildman–Crippen LogP) is -2.46. The maximum atomic E-state index is 11.4. The molecule has 0 spiro atoms. The number of rotatable bonds is 4. The molecule has 1 aliphatic rings. The first kappa shape index (κ1) is 11.9. The summed E-state index contributed by atoms with van der Waals surface area (Å²) in [6.45, 7) is 0.666. The summed E-state index contributed by atoms with van der Waals surface area (Å²) in [6, 6.07) is -1.81. The molecule has 7 nitrogen and oxygen atoms in total. The van der Waals surface area contributed by atoms with E-state index in [4.69, 9.17) is 14.9 Å². The van der Waals surface area contributed by atoms with Crippen LogP contribution in [-0.2, 0) is 14.3 Å². The molecule has 1 rings (SSSR count). The van der Waals surface area contributed by atoms with Gasteiger partial charge in [-0.3, -0.25) is 4.79 Å². The number of hydrogen-bond donors (Lipinski definition) is 4. The van der Waals surface area contributed by atoms with E-state index in [-0.39, 0.29) is 6.61 Å². The largest absolute Gasteiger partial charge is 0.480 e. The molecule has 0 bridgehead atoms. The quantitative estimate of drug-likeness (QED) is 0.417. The molecule has 1 saturated heterocycles. The van der Waals surface area contributed by atoms with Crippen molar-refractivity contribution in [1.82, 2.24) is 10.6 Å². The molecule has 1 aliphatic heterocycles. The van der Waals surface area contributed by atoms with Crippen molar-refractivity contribution in [3.8, 4) is 0 Å². The van der Waals surface area contributed by atoms with Crippen LogP contribution in [0.5, 0.6) is 0 Å². The zero-order chi connectivity index (χ0) is 11.3. The number of aliphatic hydroxyl groups excluding tert-OH is 1. The number of ether oxygens (including phenoxy) is 1. The van der Waals surface area contributed by atoms with Crippen molar-refractivity contribution in [2.24, 2.45) is 0 Å². The second kappa shape index (κ2) is 5.64. The zero-order valence-electron chi connectivity index (χ0n) is 8.10. The molecule has 0 aromatic rings. The summed E-state index contributed by atoms with van der Waals surface area (Å²) in [5.41, 5.74) is 0. The highest BCUT2D eigenvalue weighted by atomic mass is 16.5. The van der Waals surface area contributed by atoms with Crippen LogP contribution in [0.15, 0.2) is 0 Å². The zero-order valence-corrected chi connectivity index (χ0v) is 8.10. The van der Waals surface area contributed by atoms with E-state index in [1.807, 2.05) is 0 Å². The van der Waals surface area contributed by atoms with Gasteiger partial charge < -0.3 is 25.6 Å². The summed E-state index contributed by atoms with van der Waals surface area (Å²) >= 11 is 0. The van der Waals surface area contributed by atoms with Gasteiger partial charge in [0.25, 0.3) is 0 Å². The number of carboxylic acids is 1. The third-order valence-corrected chi connectivity index (χ3v) is 2.04. The van der Waals surface area contributed by atoms with E-state index in [1.165, 1.54) is 0 Å². The fourth-order valence-electron chi connectivity index (χ4n) is 1.19. The summed E-state index contributed by atoms with van der Waals surface area (Å²) in [7, 11) is 0. The maximum Gasteiger partial charge on any atom is 0.328 e. The molecular formula is C8H14N2O5. The molecule has 0 radical (unpaired) electrons. The molecule has 0 aromatic heterocycles. The number of aliphatic hydroxyl groups is 1. The number of amides is 1. The predicted molar refractivity (Wildman–Crippen MR) is 49.3 cm³/mol. The van der Waals surface area contributed by atoms with Crippen LogP contribution >= 0.6 is 0 Å². The Morgan fingerprint density at radius 3 is 2.80 bits per heavy atom. The molecule has 15 heavy (non-hydrogen) atoms. The van der Waals surface area contributed by atoms with Crippen LogP contribution in [0.1, 0.15) is 0 Å². The van der Waals surface area contributed by atoms with E-state index >= 15 is 0 Å². The highest BCUT2D eigenvalue weighted by molar-refractivity contribution is 5.87. The molecular weight excluding hydrogens is 204 g/mol. The first-order valence-electron chi connectivity index (χ1n) is 4.60. The van der Waals surface area contributed by atoms with Crippen LogP contribution in [0.2, 0.25) is 0 Å². The second-order valence-corrected chi connectivity index (χ2v) is 3.16. The summed E-state index contributed by atoms with van der Waals surface area (Å²) < 4.78 is 5.05. The molecule has 0 saturated carbocycles. The lowest BCUT2D eigenvalue weighted by Crippen LogP contribution is -2.55. The molecule has 2 atom stereocenters. The van der Waals surface area contributed by atoms with E-state index in [0.717, 1.165) is 0 Å². The van der Waals surface area contributed by atoms with Crippen molar-refractivity contribution < 1.29 is 24.5 Å². The van der Waals surface area contributed by atoms with E-state index in [9.17, 15) is 9.59 Å². The van der Waals surface area contributed by atoms with Crippen molar-refractivity contribution in [3.05, 3.63) is 0 Å². The van der Waals surface area contributed by atoms with Crippen molar-refractivity contribution in [3.63, 3.8) is 0 Å². The van der Waals surface area contributed by atoms with Gasteiger partial charge in [0.05, 0.1) is 19.8 Å². The normalized spacial score (nSPS) is 23.1. The number of morpholine rings is 1. The molecule has 86 valence electrons. The lowest BCUT2D eigenvalue weighted by atomic mass is 10.2. The third kappa shape index (κ3) is 3.46. The van der Waals surface area contributed by atoms with E-state index in [1.54, 1.807) is 0 Å². The van der Waals surface area contributed by atoms with E-state index in [2.05, 4.69) is 10.6 Å². The van der Waals surface area contributed by atoms with Gasteiger partial charge in [0.2, 0.25) is 5.91 Å². The van der Waals surface area contributed by atoms with Crippen LogP contribution in [0.4, 0.5) is 0 Å². The summed E-state index contributed by atoms with van der Waals surface area (Å²) in [5, 5.41) is 22.4. The summed E-state index contributed by atoms with van der Waals surface area (Å²) in [4.78, 5) is 22.0. The molecule has 2 unspecified atom stereocenters. The Kier molecular flexibility index (Phi) is 4.47. The number of nitrogens with one attached hydrogen (secondary N) is 2. The average Bonchev–Trinajstić information content (AvgIpc) is 2.26. The van der Waals surface area contributed by atoms with E-state index in [0.29, 0.717) is 13.2 Å².